The standard InChI is InChI=1S/C18H15NO5S/c20-17(12-3-4-14-15(8-12)24-11-23-14)19-10-18(21,13-5-7-25-9-13)16-2-1-6-22-16/h1-9,21H,10-11H2,(H,19,20). The molecule has 0 radical (unpaired) electrons. The Bertz CT molecular complexity index is 839. The highest BCUT2D eigenvalue weighted by Crippen LogP contribution is 2.33. The van der Waals surface area contributed by atoms with Crippen molar-refractivity contribution in [3.8, 4) is 11.5 Å². The van der Waals surface area contributed by atoms with Gasteiger partial charge < -0.3 is 24.3 Å². The van der Waals surface area contributed by atoms with Gasteiger partial charge in [-0.3, -0.25) is 4.79 Å². The van der Waals surface area contributed by atoms with Gasteiger partial charge in [0.25, 0.3) is 5.91 Å². The van der Waals surface area contributed by atoms with Gasteiger partial charge >= 0.3 is 0 Å². The van der Waals surface area contributed by atoms with Crippen molar-refractivity contribution in [1.82, 2.24) is 5.32 Å². The van der Waals surface area contributed by atoms with Crippen LogP contribution in [0.1, 0.15) is 21.7 Å². The average molecular weight is 357 g/mol. The van der Waals surface area contributed by atoms with Crippen LogP contribution in [0.4, 0.5) is 0 Å². The van der Waals surface area contributed by atoms with Crippen LogP contribution in [-0.4, -0.2) is 24.4 Å². The molecule has 0 saturated heterocycles. The van der Waals surface area contributed by atoms with Crippen LogP contribution < -0.4 is 14.8 Å². The lowest BCUT2D eigenvalue weighted by Crippen LogP contribution is -2.41. The summed E-state index contributed by atoms with van der Waals surface area (Å²) in [5.41, 5.74) is -0.343. The van der Waals surface area contributed by atoms with Gasteiger partial charge in [0.05, 0.1) is 12.8 Å². The summed E-state index contributed by atoms with van der Waals surface area (Å²) in [7, 11) is 0. The third-order valence-electron chi connectivity index (χ3n) is 4.07. The van der Waals surface area contributed by atoms with Gasteiger partial charge in [-0.05, 0) is 47.2 Å². The second kappa shape index (κ2) is 6.27. The monoisotopic (exact) mass is 357 g/mol. The molecule has 1 aromatic carbocycles. The number of benzene rings is 1. The average Bonchev–Trinajstić information content (AvgIpc) is 3.40. The molecule has 3 heterocycles. The molecular weight excluding hydrogens is 342 g/mol. The van der Waals surface area contributed by atoms with Crippen LogP contribution in [0.2, 0.25) is 0 Å². The van der Waals surface area contributed by atoms with E-state index < -0.39 is 5.60 Å². The van der Waals surface area contributed by atoms with Crippen LogP contribution in [0.15, 0.2) is 57.8 Å². The van der Waals surface area contributed by atoms with Gasteiger partial charge in [-0.15, -0.1) is 0 Å². The van der Waals surface area contributed by atoms with Crippen molar-refractivity contribution in [2.24, 2.45) is 0 Å². The molecule has 6 nitrogen and oxygen atoms in total. The SMILES string of the molecule is O=C(NCC(O)(c1ccsc1)c1ccco1)c1ccc2c(c1)OCO2. The minimum absolute atomic E-state index is 0.0233. The molecule has 2 aromatic heterocycles. The van der Waals surface area contributed by atoms with Crippen molar-refractivity contribution in [3.05, 3.63) is 70.3 Å². The van der Waals surface area contributed by atoms with Gasteiger partial charge in [0, 0.05) is 11.1 Å². The minimum atomic E-state index is -1.44. The lowest BCUT2D eigenvalue weighted by atomic mass is 9.93. The zero-order chi connectivity index (χ0) is 17.3. The van der Waals surface area contributed by atoms with Crippen molar-refractivity contribution >= 4 is 17.2 Å². The number of rotatable bonds is 5. The number of furan rings is 1. The van der Waals surface area contributed by atoms with E-state index in [2.05, 4.69) is 5.32 Å². The van der Waals surface area contributed by atoms with E-state index in [-0.39, 0.29) is 19.2 Å². The molecule has 0 fully saturated rings. The quantitative estimate of drug-likeness (QED) is 0.734. The smallest absolute Gasteiger partial charge is 0.251 e. The van der Waals surface area contributed by atoms with Gasteiger partial charge in [-0.25, -0.2) is 0 Å². The predicted octanol–water partition coefficient (Wildman–Crippen LogP) is 2.74. The van der Waals surface area contributed by atoms with Gasteiger partial charge in [0.2, 0.25) is 6.79 Å². The molecule has 0 aliphatic carbocycles. The number of aliphatic hydroxyl groups is 1. The lowest BCUT2D eigenvalue weighted by molar-refractivity contribution is 0.0528. The van der Waals surface area contributed by atoms with Crippen LogP contribution in [-0.2, 0) is 5.60 Å². The molecule has 4 rings (SSSR count). The van der Waals surface area contributed by atoms with Crippen molar-refractivity contribution in [2.75, 3.05) is 13.3 Å². The van der Waals surface area contributed by atoms with E-state index >= 15 is 0 Å². The molecule has 1 unspecified atom stereocenters. The van der Waals surface area contributed by atoms with E-state index in [0.717, 1.165) is 0 Å². The van der Waals surface area contributed by atoms with E-state index in [1.165, 1.54) is 17.6 Å². The summed E-state index contributed by atoms with van der Waals surface area (Å²) in [5, 5.41) is 17.6. The van der Waals surface area contributed by atoms with Crippen LogP contribution in [0.25, 0.3) is 0 Å². The molecule has 1 aliphatic rings. The van der Waals surface area contributed by atoms with Crippen LogP contribution >= 0.6 is 11.3 Å². The maximum Gasteiger partial charge on any atom is 0.251 e. The molecule has 1 aliphatic heterocycles. The Labute approximate surface area is 147 Å². The second-order valence-electron chi connectivity index (χ2n) is 5.60. The maximum absolute atomic E-state index is 12.5. The fourth-order valence-electron chi connectivity index (χ4n) is 2.69. The minimum Gasteiger partial charge on any atom is -0.466 e. The Balaban J connectivity index is 1.55. The Morgan fingerprint density at radius 3 is 2.88 bits per heavy atom. The Morgan fingerprint density at radius 2 is 2.12 bits per heavy atom. The number of nitrogens with one attached hydrogen (secondary N) is 1. The Morgan fingerprint density at radius 1 is 1.24 bits per heavy atom. The van der Waals surface area contributed by atoms with Crippen molar-refractivity contribution in [2.45, 2.75) is 5.60 Å². The predicted molar refractivity (Wildman–Crippen MR) is 90.9 cm³/mol. The number of thiophene rings is 1. The fourth-order valence-corrected chi connectivity index (χ4v) is 3.42. The molecule has 1 atom stereocenters. The van der Waals surface area contributed by atoms with Gasteiger partial charge in [-0.2, -0.15) is 11.3 Å². The first kappa shape index (κ1) is 15.7. The van der Waals surface area contributed by atoms with Crippen molar-refractivity contribution < 1.29 is 23.8 Å². The number of amides is 1. The summed E-state index contributed by atoms with van der Waals surface area (Å²) < 4.78 is 15.9. The molecule has 7 heteroatoms. The van der Waals surface area contributed by atoms with E-state index in [4.69, 9.17) is 13.9 Å². The largest absolute Gasteiger partial charge is 0.466 e. The molecule has 25 heavy (non-hydrogen) atoms. The number of fused-ring (bicyclic) bond motifs is 1. The van der Waals surface area contributed by atoms with Gasteiger partial charge in [-0.1, -0.05) is 0 Å². The molecule has 3 aromatic rings. The summed E-state index contributed by atoms with van der Waals surface area (Å²) in [5.74, 6) is 1.20. The van der Waals surface area contributed by atoms with E-state index in [1.807, 2.05) is 10.8 Å². The summed E-state index contributed by atoms with van der Waals surface area (Å²) >= 11 is 1.46. The highest BCUT2D eigenvalue weighted by atomic mass is 32.1. The molecular formula is C18H15NO5S. The Kier molecular flexibility index (Phi) is 3.95. The van der Waals surface area contributed by atoms with E-state index in [9.17, 15) is 9.90 Å². The second-order valence-corrected chi connectivity index (χ2v) is 6.38. The first-order valence-corrected chi connectivity index (χ1v) is 8.58. The first-order chi connectivity index (χ1) is 12.2. The molecule has 2 N–H and O–H groups in total. The topological polar surface area (TPSA) is 80.9 Å². The highest BCUT2D eigenvalue weighted by Gasteiger charge is 2.35. The van der Waals surface area contributed by atoms with Crippen molar-refractivity contribution in [3.63, 3.8) is 0 Å². The lowest BCUT2D eigenvalue weighted by Gasteiger charge is -2.25. The summed E-state index contributed by atoms with van der Waals surface area (Å²) in [4.78, 5) is 12.5. The van der Waals surface area contributed by atoms with E-state index in [0.29, 0.717) is 28.4 Å². The summed E-state index contributed by atoms with van der Waals surface area (Å²) in [6.45, 7) is 0.126. The normalized spacial score (nSPS) is 14.9. The zero-order valence-electron chi connectivity index (χ0n) is 13.1. The highest BCUT2D eigenvalue weighted by molar-refractivity contribution is 7.08. The molecule has 0 bridgehead atoms. The van der Waals surface area contributed by atoms with E-state index in [1.54, 1.807) is 36.4 Å². The van der Waals surface area contributed by atoms with Crippen molar-refractivity contribution in [1.29, 1.82) is 0 Å². The number of carbonyl (C=O) groups is 1. The first-order valence-electron chi connectivity index (χ1n) is 7.64. The molecule has 0 spiro atoms. The Hall–Kier alpha value is -2.77. The third kappa shape index (κ3) is 2.88. The van der Waals surface area contributed by atoms with Gasteiger partial charge in [0.1, 0.15) is 5.76 Å². The molecule has 1 amide bonds. The number of carbonyl (C=O) groups excluding carboxylic acids is 1. The van der Waals surface area contributed by atoms with Crippen LogP contribution in [0, 0.1) is 0 Å². The molecule has 128 valence electrons. The maximum atomic E-state index is 12.5. The van der Waals surface area contributed by atoms with Crippen LogP contribution in [0.3, 0.4) is 0 Å². The van der Waals surface area contributed by atoms with Gasteiger partial charge in [0.15, 0.2) is 17.1 Å². The summed E-state index contributed by atoms with van der Waals surface area (Å²) in [6, 6.07) is 10.2. The zero-order valence-corrected chi connectivity index (χ0v) is 13.9. The third-order valence-corrected chi connectivity index (χ3v) is 4.75. The number of hydrogen-bond acceptors (Lipinski definition) is 6. The molecule has 0 saturated carbocycles. The summed E-state index contributed by atoms with van der Waals surface area (Å²) in [6.07, 6.45) is 1.49. The number of ether oxygens (including phenoxy) is 2. The number of hydrogen-bond donors (Lipinski definition) is 2. The van der Waals surface area contributed by atoms with Crippen LogP contribution in [0.5, 0.6) is 11.5 Å². The fraction of sp³-hybridized carbons (Fsp3) is 0.167.